The number of ketones is 1. The van der Waals surface area contributed by atoms with E-state index >= 15 is 0 Å². The van der Waals surface area contributed by atoms with Crippen molar-refractivity contribution in [3.05, 3.63) is 36.0 Å². The number of amidine groups is 1. The van der Waals surface area contributed by atoms with Gasteiger partial charge < -0.3 is 10.3 Å². The molecule has 5 nitrogen and oxygen atoms in total. The van der Waals surface area contributed by atoms with Gasteiger partial charge in [0.2, 0.25) is 0 Å². The number of hydrogen-bond donors (Lipinski definition) is 1. The van der Waals surface area contributed by atoms with Gasteiger partial charge in [0.15, 0.2) is 5.76 Å². The van der Waals surface area contributed by atoms with E-state index in [1.54, 1.807) is 0 Å². The quantitative estimate of drug-likeness (QED) is 0.876. The molecule has 2 aromatic rings. The highest BCUT2D eigenvalue weighted by Gasteiger charge is 2.27. The monoisotopic (exact) mass is 321 g/mol. The smallest absolute Gasteiger partial charge is 0.167 e. The van der Waals surface area contributed by atoms with E-state index in [0.717, 1.165) is 18.4 Å². The summed E-state index contributed by atoms with van der Waals surface area (Å²) in [6, 6.07) is 8.81. The largest absolute Gasteiger partial charge is 0.387 e. The van der Waals surface area contributed by atoms with Crippen molar-refractivity contribution >= 4 is 24.9 Å². The molecule has 0 saturated carbocycles. The lowest BCUT2D eigenvalue weighted by molar-refractivity contribution is -0.119. The van der Waals surface area contributed by atoms with Crippen LogP contribution >= 0.6 is 0 Å². The molecule has 2 radical (unpaired) electrons. The molecule has 2 N–H and O–H groups in total. The maximum absolute atomic E-state index is 12.2. The molecule has 0 aliphatic carbocycles. The van der Waals surface area contributed by atoms with Crippen molar-refractivity contribution in [2.24, 2.45) is 16.6 Å². The number of carbonyl (C=O) groups excluding carboxylic acids is 1. The van der Waals surface area contributed by atoms with Crippen molar-refractivity contribution in [2.75, 3.05) is 0 Å². The molecule has 0 bridgehead atoms. The maximum atomic E-state index is 12.2. The molecule has 6 heteroatoms. The topological polar surface area (TPSA) is 81.5 Å². The van der Waals surface area contributed by atoms with Gasteiger partial charge in [-0.25, -0.2) is 0 Å². The van der Waals surface area contributed by atoms with Crippen LogP contribution in [-0.2, 0) is 4.79 Å². The fourth-order valence-electron chi connectivity index (χ4n) is 3.05. The zero-order valence-electron chi connectivity index (χ0n) is 13.7. The zero-order chi connectivity index (χ0) is 17.1. The number of rotatable bonds is 4. The van der Waals surface area contributed by atoms with Crippen LogP contribution < -0.4 is 11.2 Å². The predicted molar refractivity (Wildman–Crippen MR) is 94.3 cm³/mol. The Kier molecular flexibility index (Phi) is 4.83. The van der Waals surface area contributed by atoms with E-state index in [9.17, 15) is 4.79 Å². The van der Waals surface area contributed by atoms with Gasteiger partial charge in [-0.05, 0) is 6.42 Å². The van der Waals surface area contributed by atoms with E-state index in [2.05, 4.69) is 17.1 Å². The van der Waals surface area contributed by atoms with Gasteiger partial charge in [-0.2, -0.15) is 0 Å². The SMILES string of the molecule is [B]c1cccc(-c2cc([C@@H]3CC(=O)CC(CCC)C(N)=N3)no2)c1. The number of nitrogens with two attached hydrogens (primary N) is 1. The number of aromatic nitrogens is 1. The number of benzene rings is 1. The van der Waals surface area contributed by atoms with Crippen molar-refractivity contribution in [3.63, 3.8) is 0 Å². The molecule has 1 unspecified atom stereocenters. The van der Waals surface area contributed by atoms with Gasteiger partial charge in [0.25, 0.3) is 0 Å². The summed E-state index contributed by atoms with van der Waals surface area (Å²) in [5, 5.41) is 4.10. The number of nitrogens with zero attached hydrogens (tertiary/aromatic N) is 2. The van der Waals surface area contributed by atoms with E-state index in [-0.39, 0.29) is 17.7 Å². The van der Waals surface area contributed by atoms with E-state index in [1.807, 2.05) is 30.3 Å². The highest BCUT2D eigenvalue weighted by Crippen LogP contribution is 2.30. The van der Waals surface area contributed by atoms with Crippen LogP contribution in [0.25, 0.3) is 11.3 Å². The minimum Gasteiger partial charge on any atom is -0.387 e. The fourth-order valence-corrected chi connectivity index (χ4v) is 3.05. The van der Waals surface area contributed by atoms with Crippen LogP contribution in [0.1, 0.15) is 44.3 Å². The Balaban J connectivity index is 1.87. The third-order valence-electron chi connectivity index (χ3n) is 4.30. The second-order valence-electron chi connectivity index (χ2n) is 6.24. The van der Waals surface area contributed by atoms with Crippen LogP contribution in [-0.4, -0.2) is 24.6 Å². The molecule has 0 fully saturated rings. The molecule has 1 aromatic carbocycles. The van der Waals surface area contributed by atoms with Crippen molar-refractivity contribution in [2.45, 2.75) is 38.6 Å². The van der Waals surface area contributed by atoms with Crippen LogP contribution in [0.5, 0.6) is 0 Å². The van der Waals surface area contributed by atoms with Gasteiger partial charge in [0, 0.05) is 30.4 Å². The summed E-state index contributed by atoms with van der Waals surface area (Å²) >= 11 is 0. The Morgan fingerprint density at radius 1 is 1.33 bits per heavy atom. The molecule has 2 atom stereocenters. The summed E-state index contributed by atoms with van der Waals surface area (Å²) in [5.41, 5.74) is 8.24. The predicted octanol–water partition coefficient (Wildman–Crippen LogP) is 2.31. The van der Waals surface area contributed by atoms with E-state index in [0.29, 0.717) is 35.6 Å². The van der Waals surface area contributed by atoms with Crippen molar-refractivity contribution < 1.29 is 9.32 Å². The Labute approximate surface area is 142 Å². The number of aliphatic imine (C=N–C) groups is 1. The van der Waals surface area contributed by atoms with E-state index < -0.39 is 0 Å². The molecule has 0 amide bonds. The first-order chi connectivity index (χ1) is 11.6. The molecule has 0 spiro atoms. The lowest BCUT2D eigenvalue weighted by Crippen LogP contribution is -2.24. The molecule has 1 aliphatic rings. The van der Waals surface area contributed by atoms with Gasteiger partial charge in [0.05, 0.1) is 5.84 Å². The summed E-state index contributed by atoms with van der Waals surface area (Å²) in [6.07, 6.45) is 2.62. The van der Waals surface area contributed by atoms with Crippen LogP contribution in [0.3, 0.4) is 0 Å². The summed E-state index contributed by atoms with van der Waals surface area (Å²) in [6.45, 7) is 2.08. The van der Waals surface area contributed by atoms with Crippen LogP contribution in [0, 0.1) is 5.92 Å². The number of Topliss-reactive ketones (excluding diaryl/α,β-unsaturated/α-hetero) is 1. The zero-order valence-corrected chi connectivity index (χ0v) is 13.7. The molecular weight excluding hydrogens is 301 g/mol. The van der Waals surface area contributed by atoms with Crippen molar-refractivity contribution in [1.82, 2.24) is 5.16 Å². The molecule has 3 rings (SSSR count). The first kappa shape index (κ1) is 16.5. The summed E-state index contributed by atoms with van der Waals surface area (Å²) in [7, 11) is 5.80. The third kappa shape index (κ3) is 3.58. The Hall–Kier alpha value is -2.37. The molecule has 24 heavy (non-hydrogen) atoms. The van der Waals surface area contributed by atoms with Crippen molar-refractivity contribution in [3.8, 4) is 11.3 Å². The second kappa shape index (κ2) is 7.03. The summed E-state index contributed by atoms with van der Waals surface area (Å²) < 4.78 is 5.42. The number of hydrogen-bond acceptors (Lipinski definition) is 5. The normalized spacial score (nSPS) is 21.4. The minimum atomic E-state index is -0.377. The van der Waals surface area contributed by atoms with Crippen molar-refractivity contribution in [1.29, 1.82) is 0 Å². The molecule has 2 heterocycles. The van der Waals surface area contributed by atoms with E-state index in [4.69, 9.17) is 18.1 Å². The van der Waals surface area contributed by atoms with Crippen LogP contribution in [0.2, 0.25) is 0 Å². The highest BCUT2D eigenvalue weighted by atomic mass is 16.5. The van der Waals surface area contributed by atoms with Gasteiger partial charge >= 0.3 is 0 Å². The van der Waals surface area contributed by atoms with Gasteiger partial charge in [-0.3, -0.25) is 9.79 Å². The highest BCUT2D eigenvalue weighted by molar-refractivity contribution is 6.32. The molecule has 0 saturated heterocycles. The van der Waals surface area contributed by atoms with Crippen LogP contribution in [0.4, 0.5) is 0 Å². The molecule has 1 aliphatic heterocycles. The van der Waals surface area contributed by atoms with Gasteiger partial charge in [-0.1, -0.05) is 48.2 Å². The average Bonchev–Trinajstić information content (AvgIpc) is 2.98. The Bertz CT molecular complexity index is 769. The summed E-state index contributed by atoms with van der Waals surface area (Å²) in [5.74, 6) is 1.35. The lowest BCUT2D eigenvalue weighted by atomic mass is 9.94. The first-order valence-corrected chi connectivity index (χ1v) is 8.24. The second-order valence-corrected chi connectivity index (χ2v) is 6.24. The molecular formula is C18H20BN3O2. The van der Waals surface area contributed by atoms with Gasteiger partial charge in [0.1, 0.15) is 25.4 Å². The lowest BCUT2D eigenvalue weighted by Gasteiger charge is -2.11. The standard InChI is InChI=1S/C18H20BN3O2/c1-2-4-12-8-14(23)9-15(21-18(12)20)16-10-17(24-22-16)11-5-3-6-13(19)7-11/h3,5-7,10,12,15H,2,4,8-9H2,1H3,(H2,20,21)/t12?,15-/m0/s1. The third-order valence-corrected chi connectivity index (χ3v) is 4.30. The summed E-state index contributed by atoms with van der Waals surface area (Å²) in [4.78, 5) is 16.8. The Morgan fingerprint density at radius 2 is 2.17 bits per heavy atom. The Morgan fingerprint density at radius 3 is 2.92 bits per heavy atom. The molecule has 1 aromatic heterocycles. The average molecular weight is 321 g/mol. The van der Waals surface area contributed by atoms with Crippen LogP contribution in [0.15, 0.2) is 39.8 Å². The number of carbonyl (C=O) groups is 1. The molecule has 122 valence electrons. The minimum absolute atomic E-state index is 0.0350. The first-order valence-electron chi connectivity index (χ1n) is 8.24. The van der Waals surface area contributed by atoms with Gasteiger partial charge in [-0.15, -0.1) is 0 Å². The maximum Gasteiger partial charge on any atom is 0.167 e. The van der Waals surface area contributed by atoms with E-state index in [1.165, 1.54) is 0 Å². The fraction of sp³-hybridized carbons (Fsp3) is 0.389.